The van der Waals surface area contributed by atoms with Crippen LogP contribution in [-0.2, 0) is 0 Å². The zero-order valence-electron chi connectivity index (χ0n) is 43.1. The fraction of sp³-hybridized carbons (Fsp3) is 0.0137. The molecule has 0 saturated carbocycles. The van der Waals surface area contributed by atoms with Crippen LogP contribution >= 0.6 is 0 Å². The molecule has 7 nitrogen and oxygen atoms in total. The third-order valence-corrected chi connectivity index (χ3v) is 16.5. The predicted molar refractivity (Wildman–Crippen MR) is 332 cm³/mol. The molecule has 1 N–H and O–H groups in total. The van der Waals surface area contributed by atoms with Crippen LogP contribution in [-0.4, -0.2) is 25.4 Å². The van der Waals surface area contributed by atoms with Gasteiger partial charge < -0.3 is 23.4 Å². The van der Waals surface area contributed by atoms with Crippen LogP contribution in [0.15, 0.2) is 281 Å². The molecule has 1 atom stereocenters. The number of fused-ring (bicyclic) bond motifs is 13. The molecule has 17 rings (SSSR count). The fourth-order valence-electron chi connectivity index (χ4n) is 12.8. The van der Waals surface area contributed by atoms with Crippen LogP contribution in [0.2, 0.25) is 0 Å². The molecule has 5 heterocycles. The number of hydrogen-bond acceptors (Lipinski definition) is 4. The van der Waals surface area contributed by atoms with Crippen molar-refractivity contribution in [2.75, 3.05) is 0 Å². The largest absolute Gasteiger partial charge is 0.456 e. The molecule has 0 fully saturated rings. The Morgan fingerprint density at radius 3 is 1.57 bits per heavy atom. The lowest BCUT2D eigenvalue weighted by Crippen LogP contribution is -2.33. The second-order valence-electron chi connectivity index (χ2n) is 21.0. The highest BCUT2D eigenvalue weighted by atomic mass is 16.3. The van der Waals surface area contributed by atoms with Crippen molar-refractivity contribution < 1.29 is 4.42 Å². The first-order chi connectivity index (χ1) is 39.6. The van der Waals surface area contributed by atoms with Crippen molar-refractivity contribution in [2.24, 2.45) is 9.98 Å². The maximum absolute atomic E-state index is 6.43. The molecule has 4 aromatic heterocycles. The van der Waals surface area contributed by atoms with Crippen molar-refractivity contribution in [3.63, 3.8) is 0 Å². The van der Waals surface area contributed by atoms with Gasteiger partial charge in [-0.15, -0.1) is 0 Å². The van der Waals surface area contributed by atoms with Gasteiger partial charge in [-0.1, -0.05) is 164 Å². The van der Waals surface area contributed by atoms with Gasteiger partial charge in [0.2, 0.25) is 0 Å². The third-order valence-electron chi connectivity index (χ3n) is 16.5. The van der Waals surface area contributed by atoms with E-state index in [1.165, 1.54) is 43.1 Å². The monoisotopic (exact) mass is 1020 g/mol. The van der Waals surface area contributed by atoms with E-state index >= 15 is 0 Å². The number of para-hydroxylation sites is 6. The average Bonchev–Trinajstić information content (AvgIpc) is 4.41. The van der Waals surface area contributed by atoms with Crippen LogP contribution in [0.1, 0.15) is 22.9 Å². The molecule has 1 unspecified atom stereocenters. The second kappa shape index (κ2) is 17.4. The van der Waals surface area contributed by atoms with Crippen molar-refractivity contribution in [1.29, 1.82) is 0 Å². The van der Waals surface area contributed by atoms with E-state index in [0.29, 0.717) is 5.84 Å². The smallest absolute Gasteiger partial charge is 0.159 e. The lowest BCUT2D eigenvalue weighted by atomic mass is 9.97. The van der Waals surface area contributed by atoms with Crippen molar-refractivity contribution in [3.8, 4) is 28.2 Å². The summed E-state index contributed by atoms with van der Waals surface area (Å²) in [5.74, 6) is 1.37. The summed E-state index contributed by atoms with van der Waals surface area (Å²) >= 11 is 0. The van der Waals surface area contributed by atoms with E-state index in [1.807, 2.05) is 12.1 Å². The molecule has 0 bridgehead atoms. The Kier molecular flexibility index (Phi) is 9.64. The Bertz CT molecular complexity index is 5290. The molecule has 7 heteroatoms. The van der Waals surface area contributed by atoms with Gasteiger partial charge in [-0.25, -0.2) is 9.98 Å². The van der Waals surface area contributed by atoms with Gasteiger partial charge in [-0.05, 0) is 125 Å². The Labute approximate surface area is 458 Å². The number of hydrogen-bond donors (Lipinski definition) is 1. The van der Waals surface area contributed by atoms with Gasteiger partial charge in [0.05, 0.1) is 38.8 Å². The molecule has 12 aromatic carbocycles. The van der Waals surface area contributed by atoms with Gasteiger partial charge in [-0.2, -0.15) is 0 Å². The first-order valence-corrected chi connectivity index (χ1v) is 27.2. The summed E-state index contributed by atoms with van der Waals surface area (Å²) in [7, 11) is 0. The first-order valence-electron chi connectivity index (χ1n) is 27.2. The summed E-state index contributed by atoms with van der Waals surface area (Å²) < 4.78 is 13.6. The first kappa shape index (κ1) is 44.4. The second-order valence-corrected chi connectivity index (χ2v) is 21.0. The molecule has 0 amide bonds. The maximum Gasteiger partial charge on any atom is 0.159 e. The topological polar surface area (TPSA) is 64.7 Å². The maximum atomic E-state index is 6.43. The van der Waals surface area contributed by atoms with E-state index in [9.17, 15) is 0 Å². The Morgan fingerprint density at radius 1 is 0.338 bits per heavy atom. The van der Waals surface area contributed by atoms with E-state index in [2.05, 4.69) is 274 Å². The van der Waals surface area contributed by atoms with E-state index in [1.54, 1.807) is 0 Å². The SMILES string of the molecule is c1ccc(-n2c3ccccc3c3ccc(C4=NC(c5ccc(-n6c7ccccc7c7cc8ccccc8cc76)c(-c6ccc7oc8ccccc8c7c6)c5)=NC(c5ccc6c7ccccc7n(-c7ccccc7)c6c5)N4)cc32)cc1. The minimum Gasteiger partial charge on any atom is -0.456 e. The van der Waals surface area contributed by atoms with Crippen LogP contribution in [0.5, 0.6) is 0 Å². The number of nitrogens with zero attached hydrogens (tertiary/aromatic N) is 5. The number of nitrogens with one attached hydrogen (secondary N) is 1. The number of amidine groups is 2. The van der Waals surface area contributed by atoms with Crippen molar-refractivity contribution >= 4 is 110 Å². The highest BCUT2D eigenvalue weighted by Gasteiger charge is 2.26. The average molecular weight is 1020 g/mol. The summed E-state index contributed by atoms with van der Waals surface area (Å²) in [4.78, 5) is 11.2. The molecular weight excluding hydrogens is 977 g/mol. The predicted octanol–water partition coefficient (Wildman–Crippen LogP) is 18.2. The Balaban J connectivity index is 0.909. The normalized spacial score (nSPS) is 13.9. The number of aromatic nitrogens is 3. The van der Waals surface area contributed by atoms with Gasteiger partial charge >= 0.3 is 0 Å². The van der Waals surface area contributed by atoms with Crippen LogP contribution in [0, 0.1) is 0 Å². The minimum absolute atomic E-state index is 0.498. The van der Waals surface area contributed by atoms with E-state index in [-0.39, 0.29) is 0 Å². The molecule has 0 spiro atoms. The van der Waals surface area contributed by atoms with Crippen LogP contribution in [0.25, 0.3) is 126 Å². The highest BCUT2D eigenvalue weighted by Crippen LogP contribution is 2.42. The van der Waals surface area contributed by atoms with Crippen molar-refractivity contribution in [1.82, 2.24) is 19.0 Å². The lowest BCUT2D eigenvalue weighted by molar-refractivity contribution is 0.669. The molecule has 1 aliphatic heterocycles. The molecule has 1 aliphatic rings. The molecule has 16 aromatic rings. The summed E-state index contributed by atoms with van der Waals surface area (Å²) in [6, 6.07) is 95.9. The van der Waals surface area contributed by atoms with Gasteiger partial charge in [0, 0.05) is 71.2 Å². The Hall–Kier alpha value is -10.8. The van der Waals surface area contributed by atoms with Gasteiger partial charge in [-0.3, -0.25) is 0 Å². The molecule has 0 radical (unpaired) electrons. The third kappa shape index (κ3) is 6.80. The molecule has 80 heavy (non-hydrogen) atoms. The molecule has 0 saturated heterocycles. The Morgan fingerprint density at radius 2 is 0.863 bits per heavy atom. The van der Waals surface area contributed by atoms with Crippen molar-refractivity contribution in [2.45, 2.75) is 6.17 Å². The molecule has 374 valence electrons. The zero-order valence-corrected chi connectivity index (χ0v) is 43.1. The lowest BCUT2D eigenvalue weighted by Gasteiger charge is -2.24. The minimum atomic E-state index is -0.498. The zero-order chi connectivity index (χ0) is 52.4. The fourth-order valence-corrected chi connectivity index (χ4v) is 12.8. The van der Waals surface area contributed by atoms with Gasteiger partial charge in [0.25, 0.3) is 0 Å². The number of benzene rings is 12. The number of aliphatic imine (C=N–C) groups is 2. The summed E-state index contributed by atoms with van der Waals surface area (Å²) in [5, 5.41) is 15.6. The van der Waals surface area contributed by atoms with E-state index < -0.39 is 6.17 Å². The summed E-state index contributed by atoms with van der Waals surface area (Å²) in [6.45, 7) is 0. The molecular formula is C73H46N6O. The van der Waals surface area contributed by atoms with E-state index in [0.717, 1.165) is 106 Å². The standard InChI is InChI=1S/C73H46N6O/c1-3-19-51(20-4-1)77-62-27-13-9-23-53(62)56-35-31-49(43-66(56)77)72-74-71(75-73(76-72)50-32-36-57-54-24-10-14-28-63(54)78(67(57)44-50)52-21-5-2-6-22-52)48-33-37-65(59(41-48)47-34-38-70-61(40-47)58-26-12-16-30-69(58)80-70)79-64-29-15-11-25-55(64)60-39-45-17-7-8-18-46(45)42-68(60)79/h1-44,72H,(H,74,75,76). The van der Waals surface area contributed by atoms with Gasteiger partial charge in [0.15, 0.2) is 5.84 Å². The van der Waals surface area contributed by atoms with Gasteiger partial charge in [0.1, 0.15) is 23.2 Å². The quantitative estimate of drug-likeness (QED) is 0.173. The van der Waals surface area contributed by atoms with Crippen molar-refractivity contribution in [3.05, 3.63) is 284 Å². The number of rotatable bonds is 7. The number of furan rings is 1. The highest BCUT2D eigenvalue weighted by molar-refractivity contribution is 6.18. The summed E-state index contributed by atoms with van der Waals surface area (Å²) in [6.07, 6.45) is -0.498. The molecule has 0 aliphatic carbocycles. The van der Waals surface area contributed by atoms with Crippen LogP contribution < -0.4 is 5.32 Å². The van der Waals surface area contributed by atoms with E-state index in [4.69, 9.17) is 14.4 Å². The van der Waals surface area contributed by atoms with Crippen LogP contribution in [0.4, 0.5) is 0 Å². The summed E-state index contributed by atoms with van der Waals surface area (Å²) in [5.41, 5.74) is 16.7. The van der Waals surface area contributed by atoms with Crippen LogP contribution in [0.3, 0.4) is 0 Å².